The molecule has 0 spiro atoms. The maximum atomic E-state index is 12.7. The number of furan rings is 1. The third-order valence-electron chi connectivity index (χ3n) is 6.46. The van der Waals surface area contributed by atoms with Gasteiger partial charge in [0.2, 0.25) is 10.0 Å². The predicted molar refractivity (Wildman–Crippen MR) is 97.3 cm³/mol. The summed E-state index contributed by atoms with van der Waals surface area (Å²) in [5.41, 5.74) is 0. The highest BCUT2D eigenvalue weighted by atomic mass is 32.2. The average molecular weight is 381 g/mol. The maximum Gasteiger partial charge on any atom is 0.287 e. The Morgan fingerprint density at radius 2 is 2.04 bits per heavy atom. The van der Waals surface area contributed by atoms with E-state index in [4.69, 9.17) is 4.42 Å². The van der Waals surface area contributed by atoms with Crippen LogP contribution in [0.5, 0.6) is 0 Å². The topological polar surface area (TPSA) is 79.6 Å². The van der Waals surface area contributed by atoms with Gasteiger partial charge in [0, 0.05) is 25.7 Å². The van der Waals surface area contributed by atoms with Gasteiger partial charge in [0.25, 0.3) is 5.91 Å². The van der Waals surface area contributed by atoms with Gasteiger partial charge in [-0.2, -0.15) is 4.31 Å². The van der Waals surface area contributed by atoms with Crippen molar-refractivity contribution in [2.24, 2.45) is 17.8 Å². The van der Waals surface area contributed by atoms with E-state index in [1.807, 2.05) is 0 Å². The SMILES string of the molecule is Cc1oc(C(=O)NCCC2CC3CCC2C3)cc1S(=O)(=O)N1CCCC1. The first-order chi connectivity index (χ1) is 12.4. The molecule has 3 unspecified atom stereocenters. The number of amides is 1. The van der Waals surface area contributed by atoms with E-state index >= 15 is 0 Å². The first-order valence-corrected chi connectivity index (χ1v) is 11.3. The van der Waals surface area contributed by atoms with Crippen LogP contribution < -0.4 is 5.32 Å². The lowest BCUT2D eigenvalue weighted by molar-refractivity contribution is 0.0920. The Balaban J connectivity index is 1.36. The van der Waals surface area contributed by atoms with Crippen molar-refractivity contribution in [1.29, 1.82) is 0 Å². The molecular weight excluding hydrogens is 352 g/mol. The van der Waals surface area contributed by atoms with Crippen LogP contribution in [0.1, 0.15) is 61.3 Å². The van der Waals surface area contributed by atoms with Gasteiger partial charge in [-0.15, -0.1) is 0 Å². The standard InChI is InChI=1S/C19H28N2O4S/c1-13-18(26(23,24)21-8-2-3-9-21)12-17(25-13)19(22)20-7-6-16-11-14-4-5-15(16)10-14/h12,14-16H,2-11H2,1H3,(H,20,22). The Kier molecular flexibility index (Phi) is 4.86. The van der Waals surface area contributed by atoms with Crippen molar-refractivity contribution in [2.75, 3.05) is 19.6 Å². The fourth-order valence-electron chi connectivity index (χ4n) is 5.09. The van der Waals surface area contributed by atoms with E-state index in [1.165, 1.54) is 36.1 Å². The Bertz CT molecular complexity index is 779. The monoisotopic (exact) mass is 380 g/mol. The number of fused-ring (bicyclic) bond motifs is 2. The average Bonchev–Trinajstić information content (AvgIpc) is 3.38. The van der Waals surface area contributed by atoms with E-state index in [0.717, 1.165) is 37.0 Å². The predicted octanol–water partition coefficient (Wildman–Crippen LogP) is 2.93. The fraction of sp³-hybridized carbons (Fsp3) is 0.737. The summed E-state index contributed by atoms with van der Waals surface area (Å²) in [4.78, 5) is 12.5. The molecule has 2 aliphatic carbocycles. The minimum Gasteiger partial charge on any atom is -0.455 e. The van der Waals surface area contributed by atoms with Crippen molar-refractivity contribution in [3.8, 4) is 0 Å². The summed E-state index contributed by atoms with van der Waals surface area (Å²) in [6, 6.07) is 1.38. The van der Waals surface area contributed by atoms with Crippen LogP contribution in [-0.4, -0.2) is 38.3 Å². The molecule has 3 fully saturated rings. The lowest BCUT2D eigenvalue weighted by atomic mass is 9.86. The van der Waals surface area contributed by atoms with Gasteiger partial charge in [0.1, 0.15) is 10.7 Å². The first-order valence-electron chi connectivity index (χ1n) is 9.84. The molecule has 2 heterocycles. The minimum atomic E-state index is -3.56. The van der Waals surface area contributed by atoms with Gasteiger partial charge in [-0.1, -0.05) is 6.42 Å². The van der Waals surface area contributed by atoms with Gasteiger partial charge >= 0.3 is 0 Å². The zero-order valence-corrected chi connectivity index (χ0v) is 16.2. The second kappa shape index (κ2) is 7.00. The number of carbonyl (C=O) groups is 1. The number of nitrogens with one attached hydrogen (secondary N) is 1. The number of aryl methyl sites for hydroxylation is 1. The van der Waals surface area contributed by atoms with Crippen molar-refractivity contribution in [1.82, 2.24) is 9.62 Å². The Labute approximate surface area is 155 Å². The lowest BCUT2D eigenvalue weighted by Crippen LogP contribution is -2.28. The van der Waals surface area contributed by atoms with E-state index in [1.54, 1.807) is 6.92 Å². The molecule has 1 aromatic rings. The Morgan fingerprint density at radius 1 is 1.27 bits per heavy atom. The van der Waals surface area contributed by atoms with Gasteiger partial charge in [-0.05, 0) is 63.2 Å². The molecule has 3 aliphatic rings. The number of carbonyl (C=O) groups excluding carboxylic acids is 1. The van der Waals surface area contributed by atoms with E-state index in [9.17, 15) is 13.2 Å². The number of rotatable bonds is 6. The molecule has 1 saturated heterocycles. The molecule has 0 aromatic carbocycles. The summed E-state index contributed by atoms with van der Waals surface area (Å²) >= 11 is 0. The van der Waals surface area contributed by atoms with Crippen LogP contribution in [0.2, 0.25) is 0 Å². The summed E-state index contributed by atoms with van der Waals surface area (Å²) in [7, 11) is -3.56. The highest BCUT2D eigenvalue weighted by Gasteiger charge is 2.39. The van der Waals surface area contributed by atoms with E-state index in [0.29, 0.717) is 19.6 Å². The minimum absolute atomic E-state index is 0.0909. The molecule has 1 amide bonds. The number of hydrogen-bond donors (Lipinski definition) is 1. The Hall–Kier alpha value is -1.34. The molecule has 1 aromatic heterocycles. The van der Waals surface area contributed by atoms with Crippen LogP contribution in [-0.2, 0) is 10.0 Å². The molecule has 26 heavy (non-hydrogen) atoms. The Morgan fingerprint density at radius 3 is 2.69 bits per heavy atom. The zero-order valence-electron chi connectivity index (χ0n) is 15.4. The summed E-state index contributed by atoms with van der Waals surface area (Å²) in [5.74, 6) is 2.55. The molecule has 6 nitrogen and oxygen atoms in total. The lowest BCUT2D eigenvalue weighted by Gasteiger charge is -2.21. The molecule has 2 saturated carbocycles. The largest absolute Gasteiger partial charge is 0.455 e. The third-order valence-corrected chi connectivity index (χ3v) is 8.47. The van der Waals surface area contributed by atoms with Crippen LogP contribution in [0.3, 0.4) is 0 Å². The zero-order chi connectivity index (χ0) is 18.3. The van der Waals surface area contributed by atoms with Crippen LogP contribution in [0, 0.1) is 24.7 Å². The summed E-state index contributed by atoms with van der Waals surface area (Å²) in [6.45, 7) is 3.31. The van der Waals surface area contributed by atoms with Crippen molar-refractivity contribution in [3.05, 3.63) is 17.6 Å². The third kappa shape index (κ3) is 3.31. The van der Waals surface area contributed by atoms with E-state index in [2.05, 4.69) is 5.32 Å². The van der Waals surface area contributed by atoms with Crippen LogP contribution in [0.25, 0.3) is 0 Å². The molecule has 1 N–H and O–H groups in total. The van der Waals surface area contributed by atoms with E-state index in [-0.39, 0.29) is 22.3 Å². The van der Waals surface area contributed by atoms with Crippen molar-refractivity contribution >= 4 is 15.9 Å². The summed E-state index contributed by atoms with van der Waals surface area (Å²) in [5, 5.41) is 2.91. The quantitative estimate of drug-likeness (QED) is 0.823. The fourth-order valence-corrected chi connectivity index (χ4v) is 6.77. The molecule has 2 bridgehead atoms. The van der Waals surface area contributed by atoms with Gasteiger partial charge in [0.05, 0.1) is 0 Å². The van der Waals surface area contributed by atoms with Crippen LogP contribution >= 0.6 is 0 Å². The number of sulfonamides is 1. The molecule has 4 rings (SSSR count). The maximum absolute atomic E-state index is 12.7. The first kappa shape index (κ1) is 18.0. The van der Waals surface area contributed by atoms with Crippen LogP contribution in [0.15, 0.2) is 15.4 Å². The summed E-state index contributed by atoms with van der Waals surface area (Å²) in [6.07, 6.45) is 8.17. The molecular formula is C19H28N2O4S. The highest BCUT2D eigenvalue weighted by molar-refractivity contribution is 7.89. The van der Waals surface area contributed by atoms with Gasteiger partial charge in [0.15, 0.2) is 5.76 Å². The molecule has 144 valence electrons. The highest BCUT2D eigenvalue weighted by Crippen LogP contribution is 2.49. The second-order valence-corrected chi connectivity index (χ2v) is 10.0. The van der Waals surface area contributed by atoms with Gasteiger partial charge in [-0.3, -0.25) is 4.79 Å². The van der Waals surface area contributed by atoms with Crippen molar-refractivity contribution < 1.29 is 17.6 Å². The number of nitrogens with zero attached hydrogens (tertiary/aromatic N) is 1. The number of hydrogen-bond acceptors (Lipinski definition) is 4. The second-order valence-electron chi connectivity index (χ2n) is 8.12. The smallest absolute Gasteiger partial charge is 0.287 e. The summed E-state index contributed by atoms with van der Waals surface area (Å²) < 4.78 is 32.3. The molecule has 7 heteroatoms. The van der Waals surface area contributed by atoms with E-state index < -0.39 is 10.0 Å². The molecule has 3 atom stereocenters. The molecule has 1 aliphatic heterocycles. The van der Waals surface area contributed by atoms with Crippen molar-refractivity contribution in [3.63, 3.8) is 0 Å². The normalized spacial score (nSPS) is 28.7. The van der Waals surface area contributed by atoms with Crippen molar-refractivity contribution in [2.45, 2.75) is 56.8 Å². The van der Waals surface area contributed by atoms with Crippen LogP contribution in [0.4, 0.5) is 0 Å². The van der Waals surface area contributed by atoms with Gasteiger partial charge < -0.3 is 9.73 Å². The van der Waals surface area contributed by atoms with Gasteiger partial charge in [-0.25, -0.2) is 8.42 Å². The molecule has 0 radical (unpaired) electrons.